The van der Waals surface area contributed by atoms with E-state index in [4.69, 9.17) is 0 Å². The molecule has 3 aromatic carbocycles. The molecule has 4 heteroatoms. The van der Waals surface area contributed by atoms with Crippen molar-refractivity contribution < 1.29 is 9.72 Å². The highest BCUT2D eigenvalue weighted by atomic mass is 16.6. The zero-order chi connectivity index (χ0) is 23.6. The summed E-state index contributed by atoms with van der Waals surface area (Å²) in [6, 6.07) is 19.0. The number of benzene rings is 3. The Balaban J connectivity index is 1.91. The number of carbonyl (C=O) groups excluding carboxylic acids is 1. The summed E-state index contributed by atoms with van der Waals surface area (Å²) in [4.78, 5) is 24.7. The van der Waals surface area contributed by atoms with E-state index < -0.39 is 0 Å². The van der Waals surface area contributed by atoms with E-state index in [-0.39, 0.29) is 21.8 Å². The maximum absolute atomic E-state index is 13.4. The van der Waals surface area contributed by atoms with Crippen molar-refractivity contribution in [3.63, 3.8) is 0 Å². The van der Waals surface area contributed by atoms with Crippen LogP contribution < -0.4 is 0 Å². The number of nitro benzene ring substituents is 1. The lowest BCUT2D eigenvalue weighted by Crippen LogP contribution is -2.26. The van der Waals surface area contributed by atoms with Crippen LogP contribution in [0.3, 0.4) is 0 Å². The lowest BCUT2D eigenvalue weighted by Gasteiger charge is -2.32. The second-order valence-corrected chi connectivity index (χ2v) is 9.18. The molecular formula is C29H31NO3. The molecule has 0 atom stereocenters. The molecular weight excluding hydrogens is 410 g/mol. The Hall–Kier alpha value is -3.27. The maximum Gasteiger partial charge on any atom is 0.269 e. The van der Waals surface area contributed by atoms with Crippen LogP contribution >= 0.6 is 0 Å². The monoisotopic (exact) mass is 441 g/mol. The molecule has 0 spiro atoms. The van der Waals surface area contributed by atoms with Crippen molar-refractivity contribution in [2.45, 2.75) is 64.7 Å². The number of hydrogen-bond acceptors (Lipinski definition) is 3. The highest BCUT2D eigenvalue weighted by Gasteiger charge is 2.43. The Labute approximate surface area is 195 Å². The van der Waals surface area contributed by atoms with Crippen LogP contribution in [0.1, 0.15) is 85.0 Å². The van der Waals surface area contributed by atoms with Gasteiger partial charge in [-0.05, 0) is 59.7 Å². The third-order valence-corrected chi connectivity index (χ3v) is 7.12. The minimum absolute atomic E-state index is 0.0257. The van der Waals surface area contributed by atoms with Crippen LogP contribution in [0.4, 0.5) is 5.69 Å². The molecule has 1 aliphatic rings. The molecule has 0 aliphatic heterocycles. The maximum atomic E-state index is 13.4. The van der Waals surface area contributed by atoms with Crippen LogP contribution in [0.25, 0.3) is 11.1 Å². The molecule has 0 saturated heterocycles. The molecule has 0 saturated carbocycles. The van der Waals surface area contributed by atoms with Gasteiger partial charge in [-0.2, -0.15) is 0 Å². The Kier molecular flexibility index (Phi) is 6.46. The highest BCUT2D eigenvalue weighted by molar-refractivity contribution is 6.10. The van der Waals surface area contributed by atoms with E-state index in [1.807, 2.05) is 49.4 Å². The smallest absolute Gasteiger partial charge is 0.269 e. The quantitative estimate of drug-likeness (QED) is 0.193. The van der Waals surface area contributed by atoms with Crippen LogP contribution in [-0.2, 0) is 5.41 Å². The third-order valence-electron chi connectivity index (χ3n) is 7.12. The Bertz CT molecular complexity index is 1200. The van der Waals surface area contributed by atoms with E-state index in [0.29, 0.717) is 5.56 Å². The van der Waals surface area contributed by atoms with Gasteiger partial charge in [-0.3, -0.25) is 14.9 Å². The van der Waals surface area contributed by atoms with Gasteiger partial charge in [0.25, 0.3) is 5.69 Å². The number of aryl methyl sites for hydroxylation is 1. The highest BCUT2D eigenvalue weighted by Crippen LogP contribution is 2.55. The normalized spacial score (nSPS) is 13.4. The average molecular weight is 442 g/mol. The number of nitrogens with zero attached hydrogens (tertiary/aromatic N) is 1. The van der Waals surface area contributed by atoms with Crippen molar-refractivity contribution in [3.05, 3.63) is 98.6 Å². The van der Waals surface area contributed by atoms with Crippen molar-refractivity contribution in [1.29, 1.82) is 0 Å². The second-order valence-electron chi connectivity index (χ2n) is 9.18. The first kappa shape index (κ1) is 22.9. The van der Waals surface area contributed by atoms with Crippen LogP contribution in [0.2, 0.25) is 0 Å². The van der Waals surface area contributed by atoms with Gasteiger partial charge >= 0.3 is 0 Å². The molecule has 0 fully saturated rings. The number of nitro groups is 1. The number of rotatable bonds is 9. The summed E-state index contributed by atoms with van der Waals surface area (Å²) in [6.07, 6.45) is 6.01. The summed E-state index contributed by atoms with van der Waals surface area (Å²) < 4.78 is 0. The van der Waals surface area contributed by atoms with Gasteiger partial charge in [0, 0.05) is 28.7 Å². The molecule has 0 aromatic heterocycles. The molecule has 33 heavy (non-hydrogen) atoms. The summed E-state index contributed by atoms with van der Waals surface area (Å²) in [5.74, 6) is 0.0257. The van der Waals surface area contributed by atoms with Gasteiger partial charge in [-0.25, -0.2) is 0 Å². The van der Waals surface area contributed by atoms with E-state index in [1.165, 1.54) is 0 Å². The summed E-state index contributed by atoms with van der Waals surface area (Å²) in [5, 5.41) is 11.6. The molecule has 0 radical (unpaired) electrons. The molecule has 0 unspecified atom stereocenters. The largest absolute Gasteiger partial charge is 0.289 e. The number of hydrogen-bond donors (Lipinski definition) is 0. The fourth-order valence-electron chi connectivity index (χ4n) is 5.34. The lowest BCUT2D eigenvalue weighted by atomic mass is 9.70. The third kappa shape index (κ3) is 3.99. The van der Waals surface area contributed by atoms with Crippen molar-refractivity contribution in [1.82, 2.24) is 0 Å². The van der Waals surface area contributed by atoms with Gasteiger partial charge < -0.3 is 0 Å². The molecule has 4 nitrogen and oxygen atoms in total. The van der Waals surface area contributed by atoms with E-state index in [2.05, 4.69) is 19.9 Å². The Morgan fingerprint density at radius 3 is 2.09 bits per heavy atom. The number of non-ortho nitro benzene ring substituents is 1. The fraction of sp³-hybridized carbons (Fsp3) is 0.345. The van der Waals surface area contributed by atoms with Gasteiger partial charge in [0.05, 0.1) is 4.92 Å². The molecule has 1 aliphatic carbocycles. The van der Waals surface area contributed by atoms with Gasteiger partial charge in [0.2, 0.25) is 0 Å². The first-order chi connectivity index (χ1) is 15.9. The van der Waals surface area contributed by atoms with Crippen LogP contribution in [0.15, 0.2) is 60.7 Å². The van der Waals surface area contributed by atoms with Crippen molar-refractivity contribution in [2.24, 2.45) is 0 Å². The summed E-state index contributed by atoms with van der Waals surface area (Å²) in [7, 11) is 0. The molecule has 4 rings (SSSR count). The predicted octanol–water partition coefficient (Wildman–Crippen LogP) is 7.78. The van der Waals surface area contributed by atoms with E-state index in [0.717, 1.165) is 71.9 Å². The molecule has 0 amide bonds. The summed E-state index contributed by atoms with van der Waals surface area (Å²) in [5.41, 5.74) is 6.57. The minimum atomic E-state index is -0.305. The van der Waals surface area contributed by atoms with E-state index >= 15 is 0 Å². The first-order valence-electron chi connectivity index (χ1n) is 12.0. The van der Waals surface area contributed by atoms with Crippen molar-refractivity contribution in [3.8, 4) is 11.1 Å². The molecule has 0 N–H and O–H groups in total. The topological polar surface area (TPSA) is 60.2 Å². The number of ketones is 1. The van der Waals surface area contributed by atoms with Gasteiger partial charge in [0.15, 0.2) is 5.78 Å². The first-order valence-corrected chi connectivity index (χ1v) is 12.0. The van der Waals surface area contributed by atoms with Crippen molar-refractivity contribution >= 4 is 11.5 Å². The zero-order valence-electron chi connectivity index (χ0n) is 19.7. The zero-order valence-corrected chi connectivity index (χ0v) is 19.7. The van der Waals surface area contributed by atoms with Crippen molar-refractivity contribution in [2.75, 3.05) is 0 Å². The summed E-state index contributed by atoms with van der Waals surface area (Å²) >= 11 is 0. The molecule has 0 heterocycles. The minimum Gasteiger partial charge on any atom is -0.289 e. The van der Waals surface area contributed by atoms with Gasteiger partial charge in [-0.1, -0.05) is 75.9 Å². The Morgan fingerprint density at radius 2 is 1.48 bits per heavy atom. The fourth-order valence-corrected chi connectivity index (χ4v) is 5.34. The predicted molar refractivity (Wildman–Crippen MR) is 133 cm³/mol. The second kappa shape index (κ2) is 9.30. The van der Waals surface area contributed by atoms with E-state index in [9.17, 15) is 14.9 Å². The molecule has 0 bridgehead atoms. The van der Waals surface area contributed by atoms with Crippen LogP contribution in [0, 0.1) is 17.0 Å². The lowest BCUT2D eigenvalue weighted by molar-refractivity contribution is -0.384. The Morgan fingerprint density at radius 1 is 0.879 bits per heavy atom. The van der Waals surface area contributed by atoms with Gasteiger partial charge in [-0.15, -0.1) is 0 Å². The number of unbranched alkanes of at least 4 members (excludes halogenated alkanes) is 2. The SMILES string of the molecule is CCCCC1(CCCC)c2cc(C(=O)c3ccccc3C)ccc2-c2ccc([N+](=O)[O-])cc21. The average Bonchev–Trinajstić information content (AvgIpc) is 3.10. The van der Waals surface area contributed by atoms with Gasteiger partial charge in [0.1, 0.15) is 0 Å². The van der Waals surface area contributed by atoms with Crippen LogP contribution in [-0.4, -0.2) is 10.7 Å². The summed E-state index contributed by atoms with van der Waals surface area (Å²) in [6.45, 7) is 6.31. The van der Waals surface area contributed by atoms with E-state index in [1.54, 1.807) is 12.1 Å². The standard InChI is InChI=1S/C29H31NO3/c1-4-6-16-29(17-7-5-2)26-18-21(28(31)23-11-9-8-10-20(23)3)12-14-24(26)25-15-13-22(30(32)33)19-27(25)29/h8-15,18-19H,4-7,16-17H2,1-3H3. The number of fused-ring (bicyclic) bond motifs is 3. The van der Waals surface area contributed by atoms with Crippen LogP contribution in [0.5, 0.6) is 0 Å². The number of carbonyl (C=O) groups is 1. The molecule has 170 valence electrons. The molecule has 3 aromatic rings.